The molecule has 2 heterocycles. The van der Waals surface area contributed by atoms with Gasteiger partial charge in [-0.1, -0.05) is 18.2 Å². The number of thiophene rings is 1. The highest BCUT2D eigenvalue weighted by Crippen LogP contribution is 2.28. The molecule has 0 radical (unpaired) electrons. The minimum atomic E-state index is -0.0302. The molecule has 0 aliphatic carbocycles. The van der Waals surface area contributed by atoms with Crippen LogP contribution < -0.4 is 0 Å². The van der Waals surface area contributed by atoms with Gasteiger partial charge in [0.2, 0.25) is 0 Å². The van der Waals surface area contributed by atoms with Gasteiger partial charge in [-0.15, -0.1) is 11.3 Å². The topological polar surface area (TPSA) is 29.5 Å². The quantitative estimate of drug-likeness (QED) is 0.807. The smallest absolute Gasteiger partial charge is 0.310 e. The molecular weight excluding hydrogens is 282 g/mol. The maximum Gasteiger partial charge on any atom is 0.310 e. The lowest BCUT2D eigenvalue weighted by Gasteiger charge is -2.31. The molecule has 1 aromatic carbocycles. The van der Waals surface area contributed by atoms with Crippen LogP contribution in [0.1, 0.15) is 25.3 Å². The van der Waals surface area contributed by atoms with Gasteiger partial charge in [0.05, 0.1) is 12.5 Å². The third-order valence-electron chi connectivity index (χ3n) is 4.08. The molecule has 0 bridgehead atoms. The summed E-state index contributed by atoms with van der Waals surface area (Å²) in [6.45, 7) is 5.17. The maximum atomic E-state index is 11.9. The highest BCUT2D eigenvalue weighted by atomic mass is 32.1. The van der Waals surface area contributed by atoms with E-state index in [0.29, 0.717) is 6.61 Å². The molecule has 1 atom stereocenters. The van der Waals surface area contributed by atoms with E-state index < -0.39 is 0 Å². The van der Waals surface area contributed by atoms with Crippen LogP contribution in [0.2, 0.25) is 0 Å². The van der Waals surface area contributed by atoms with E-state index in [9.17, 15) is 4.79 Å². The van der Waals surface area contributed by atoms with Gasteiger partial charge in [-0.2, -0.15) is 0 Å². The summed E-state index contributed by atoms with van der Waals surface area (Å²) in [6, 6.07) is 8.53. The lowest BCUT2D eigenvalue weighted by Crippen LogP contribution is -2.38. The first-order valence-corrected chi connectivity index (χ1v) is 8.50. The van der Waals surface area contributed by atoms with E-state index in [1.807, 2.05) is 6.92 Å². The average Bonchev–Trinajstić information content (AvgIpc) is 2.91. The second-order valence-electron chi connectivity index (χ2n) is 5.58. The molecule has 112 valence electrons. The number of hydrogen-bond donors (Lipinski definition) is 0. The third kappa shape index (κ3) is 3.27. The Morgan fingerprint density at radius 1 is 1.43 bits per heavy atom. The van der Waals surface area contributed by atoms with Crippen LogP contribution in [0.15, 0.2) is 29.6 Å². The number of nitrogens with zero attached hydrogens (tertiary/aromatic N) is 1. The zero-order chi connectivity index (χ0) is 14.7. The number of piperidine rings is 1. The molecule has 3 nitrogen and oxygen atoms in total. The zero-order valence-corrected chi connectivity index (χ0v) is 13.2. The summed E-state index contributed by atoms with van der Waals surface area (Å²) in [6.07, 6.45) is 2.03. The first-order valence-electron chi connectivity index (χ1n) is 7.62. The molecule has 3 rings (SSSR count). The minimum Gasteiger partial charge on any atom is -0.466 e. The van der Waals surface area contributed by atoms with Gasteiger partial charge < -0.3 is 4.74 Å². The molecule has 1 aromatic heterocycles. The molecule has 4 heteroatoms. The fourth-order valence-corrected chi connectivity index (χ4v) is 4.00. The fraction of sp³-hybridized carbons (Fsp3) is 0.471. The number of esters is 1. The Balaban J connectivity index is 1.68. The Morgan fingerprint density at radius 2 is 2.29 bits per heavy atom. The van der Waals surface area contributed by atoms with E-state index in [2.05, 4.69) is 34.5 Å². The first-order chi connectivity index (χ1) is 10.3. The predicted octanol–water partition coefficient (Wildman–Crippen LogP) is 3.68. The molecule has 1 aliphatic heterocycles. The van der Waals surface area contributed by atoms with Crippen LogP contribution in [0.5, 0.6) is 0 Å². The molecule has 1 saturated heterocycles. The average molecular weight is 303 g/mol. The lowest BCUT2D eigenvalue weighted by atomic mass is 9.97. The highest BCUT2D eigenvalue weighted by Gasteiger charge is 2.27. The summed E-state index contributed by atoms with van der Waals surface area (Å²) in [7, 11) is 0. The Morgan fingerprint density at radius 3 is 3.14 bits per heavy atom. The molecule has 0 saturated carbocycles. The summed E-state index contributed by atoms with van der Waals surface area (Å²) >= 11 is 1.80. The van der Waals surface area contributed by atoms with Gasteiger partial charge in [-0.25, -0.2) is 0 Å². The van der Waals surface area contributed by atoms with Crippen molar-refractivity contribution in [2.24, 2.45) is 5.92 Å². The Labute approximate surface area is 129 Å². The number of ether oxygens (including phenoxy) is 1. The summed E-state index contributed by atoms with van der Waals surface area (Å²) in [5, 5.41) is 3.60. The van der Waals surface area contributed by atoms with Crippen LogP contribution in [-0.2, 0) is 16.1 Å². The van der Waals surface area contributed by atoms with Gasteiger partial charge in [0.25, 0.3) is 0 Å². The van der Waals surface area contributed by atoms with Gasteiger partial charge in [0.1, 0.15) is 0 Å². The van der Waals surface area contributed by atoms with Crippen molar-refractivity contribution in [1.29, 1.82) is 0 Å². The van der Waals surface area contributed by atoms with E-state index >= 15 is 0 Å². The second-order valence-corrected chi connectivity index (χ2v) is 6.49. The SMILES string of the molecule is CCOC(=O)[C@H]1CCCN(Cc2csc3ccccc23)C1. The van der Waals surface area contributed by atoms with Gasteiger partial charge in [0.15, 0.2) is 0 Å². The van der Waals surface area contributed by atoms with Crippen molar-refractivity contribution in [3.05, 3.63) is 35.2 Å². The first kappa shape index (κ1) is 14.5. The number of fused-ring (bicyclic) bond motifs is 1. The van der Waals surface area contributed by atoms with E-state index in [1.54, 1.807) is 11.3 Å². The Kier molecular flexibility index (Phi) is 4.56. The second kappa shape index (κ2) is 6.58. The standard InChI is InChI=1S/C17H21NO2S/c1-2-20-17(19)13-6-5-9-18(10-13)11-14-12-21-16-8-4-3-7-15(14)16/h3-4,7-8,12-13H,2,5-6,9-11H2,1H3/t13-/m0/s1. The Hall–Kier alpha value is -1.39. The largest absolute Gasteiger partial charge is 0.466 e. The minimum absolute atomic E-state index is 0.0302. The van der Waals surface area contributed by atoms with Crippen LogP contribution in [-0.4, -0.2) is 30.6 Å². The van der Waals surface area contributed by atoms with Crippen LogP contribution >= 0.6 is 11.3 Å². The molecule has 1 fully saturated rings. The maximum absolute atomic E-state index is 11.9. The number of likely N-dealkylation sites (tertiary alicyclic amines) is 1. The van der Waals surface area contributed by atoms with Gasteiger partial charge in [-0.05, 0) is 48.7 Å². The predicted molar refractivity (Wildman–Crippen MR) is 86.5 cm³/mol. The molecule has 0 unspecified atom stereocenters. The van der Waals surface area contributed by atoms with Crippen molar-refractivity contribution in [3.63, 3.8) is 0 Å². The lowest BCUT2D eigenvalue weighted by molar-refractivity contribution is -0.150. The number of hydrogen-bond acceptors (Lipinski definition) is 4. The van der Waals surface area contributed by atoms with Crippen LogP contribution in [0.4, 0.5) is 0 Å². The summed E-state index contributed by atoms with van der Waals surface area (Å²) in [5.41, 5.74) is 1.38. The summed E-state index contributed by atoms with van der Waals surface area (Å²) < 4.78 is 6.51. The number of carbonyl (C=O) groups is 1. The van der Waals surface area contributed by atoms with Crippen LogP contribution in [0, 0.1) is 5.92 Å². The van der Waals surface area contributed by atoms with Crippen molar-refractivity contribution in [1.82, 2.24) is 4.90 Å². The zero-order valence-electron chi connectivity index (χ0n) is 12.4. The van der Waals surface area contributed by atoms with E-state index in [-0.39, 0.29) is 11.9 Å². The van der Waals surface area contributed by atoms with Crippen molar-refractivity contribution in [2.75, 3.05) is 19.7 Å². The number of rotatable bonds is 4. The molecule has 0 amide bonds. The van der Waals surface area contributed by atoms with Crippen LogP contribution in [0.25, 0.3) is 10.1 Å². The van der Waals surface area contributed by atoms with Crippen molar-refractivity contribution >= 4 is 27.4 Å². The molecule has 21 heavy (non-hydrogen) atoms. The summed E-state index contributed by atoms with van der Waals surface area (Å²) in [4.78, 5) is 14.3. The van der Waals surface area contributed by atoms with Crippen molar-refractivity contribution in [3.8, 4) is 0 Å². The Bertz CT molecular complexity index is 622. The third-order valence-corrected chi connectivity index (χ3v) is 5.09. The van der Waals surface area contributed by atoms with E-state index in [0.717, 1.165) is 32.5 Å². The van der Waals surface area contributed by atoms with E-state index in [4.69, 9.17) is 4.74 Å². The molecule has 1 aliphatic rings. The van der Waals surface area contributed by atoms with Gasteiger partial charge >= 0.3 is 5.97 Å². The molecular formula is C17H21NO2S. The van der Waals surface area contributed by atoms with Crippen molar-refractivity contribution < 1.29 is 9.53 Å². The van der Waals surface area contributed by atoms with Gasteiger partial charge in [-0.3, -0.25) is 9.69 Å². The molecule has 0 N–H and O–H groups in total. The number of carbonyl (C=O) groups excluding carboxylic acids is 1. The normalized spacial score (nSPS) is 19.8. The molecule has 2 aromatic rings. The van der Waals surface area contributed by atoms with E-state index in [1.165, 1.54) is 15.6 Å². The van der Waals surface area contributed by atoms with Crippen molar-refractivity contribution in [2.45, 2.75) is 26.3 Å². The van der Waals surface area contributed by atoms with Crippen LogP contribution in [0.3, 0.4) is 0 Å². The highest BCUT2D eigenvalue weighted by molar-refractivity contribution is 7.17. The number of benzene rings is 1. The molecule has 0 spiro atoms. The monoisotopic (exact) mass is 303 g/mol. The fourth-order valence-electron chi connectivity index (χ4n) is 3.05. The summed E-state index contributed by atoms with van der Waals surface area (Å²) in [5.74, 6) is 0.0148. The van der Waals surface area contributed by atoms with Gasteiger partial charge in [0, 0.05) is 17.8 Å².